The third-order valence-electron chi connectivity index (χ3n) is 4.07. The summed E-state index contributed by atoms with van der Waals surface area (Å²) < 4.78 is 11.4. The Labute approximate surface area is 179 Å². The average molecular weight is 486 g/mol. The number of benzene rings is 1. The summed E-state index contributed by atoms with van der Waals surface area (Å²) in [6, 6.07) is 8.24. The van der Waals surface area contributed by atoms with Crippen LogP contribution in [0.3, 0.4) is 0 Å². The molecule has 0 spiro atoms. The van der Waals surface area contributed by atoms with Crippen molar-refractivity contribution in [3.05, 3.63) is 47.2 Å². The molecule has 7 heteroatoms. The van der Waals surface area contributed by atoms with Gasteiger partial charge in [-0.1, -0.05) is 32.9 Å². The highest BCUT2D eigenvalue weighted by Crippen LogP contribution is 2.25. The van der Waals surface area contributed by atoms with Gasteiger partial charge >= 0.3 is 0 Å². The first-order valence-corrected chi connectivity index (χ1v) is 8.90. The molecule has 1 aromatic heterocycles. The first kappa shape index (κ1) is 23.3. The summed E-state index contributed by atoms with van der Waals surface area (Å²) in [7, 11) is 1.73. The summed E-state index contributed by atoms with van der Waals surface area (Å²) >= 11 is 0. The van der Waals surface area contributed by atoms with Crippen LogP contribution < -0.4 is 15.4 Å². The van der Waals surface area contributed by atoms with Gasteiger partial charge in [0.05, 0.1) is 18.8 Å². The maximum Gasteiger partial charge on any atom is 0.214 e. The van der Waals surface area contributed by atoms with Gasteiger partial charge in [0, 0.05) is 7.05 Å². The molecule has 1 heterocycles. The molecule has 0 bridgehead atoms. The topological polar surface area (TPSA) is 71.7 Å². The molecule has 0 fully saturated rings. The highest BCUT2D eigenvalue weighted by atomic mass is 127. The number of guanidine groups is 1. The van der Waals surface area contributed by atoms with E-state index in [0.29, 0.717) is 31.5 Å². The van der Waals surface area contributed by atoms with Gasteiger partial charge in [-0.15, -0.1) is 24.0 Å². The van der Waals surface area contributed by atoms with Gasteiger partial charge in [0.1, 0.15) is 18.1 Å². The Morgan fingerprint density at radius 3 is 2.56 bits per heavy atom. The summed E-state index contributed by atoms with van der Waals surface area (Å²) in [5.41, 5.74) is 2.28. The molecule has 2 aromatic rings. The fourth-order valence-corrected chi connectivity index (χ4v) is 2.39. The van der Waals surface area contributed by atoms with Crippen molar-refractivity contribution in [3.8, 4) is 5.75 Å². The summed E-state index contributed by atoms with van der Waals surface area (Å²) in [5, 5.41) is 6.40. The number of rotatable bonds is 6. The number of aromatic nitrogens is 1. The number of halogens is 1. The lowest BCUT2D eigenvalue weighted by Gasteiger charge is -2.20. The molecule has 0 radical (unpaired) electrons. The normalized spacial score (nSPS) is 11.7. The van der Waals surface area contributed by atoms with Gasteiger partial charge in [0.2, 0.25) is 5.89 Å². The van der Waals surface area contributed by atoms with Crippen molar-refractivity contribution in [1.82, 2.24) is 15.6 Å². The summed E-state index contributed by atoms with van der Waals surface area (Å²) in [6.07, 6.45) is 0. The molecule has 0 atom stereocenters. The third-order valence-corrected chi connectivity index (χ3v) is 4.07. The minimum Gasteiger partial charge on any atom is -0.492 e. The van der Waals surface area contributed by atoms with Crippen LogP contribution in [0, 0.1) is 13.8 Å². The van der Waals surface area contributed by atoms with Gasteiger partial charge < -0.3 is 19.8 Å². The van der Waals surface area contributed by atoms with Gasteiger partial charge in [-0.2, -0.15) is 0 Å². The molecule has 0 unspecified atom stereocenters. The fourth-order valence-electron chi connectivity index (χ4n) is 2.39. The van der Waals surface area contributed by atoms with E-state index < -0.39 is 0 Å². The number of hydrogen-bond acceptors (Lipinski definition) is 4. The molecule has 0 saturated heterocycles. The Morgan fingerprint density at radius 1 is 1.22 bits per heavy atom. The van der Waals surface area contributed by atoms with Crippen molar-refractivity contribution in [2.24, 2.45) is 4.99 Å². The van der Waals surface area contributed by atoms with E-state index in [0.717, 1.165) is 17.2 Å². The third kappa shape index (κ3) is 7.40. The SMILES string of the molecule is CN=C(NCCOc1cccc(C(C)(C)C)c1)NCc1nc(C)c(C)o1.I. The second-order valence-electron chi connectivity index (χ2n) is 7.23. The maximum absolute atomic E-state index is 5.84. The molecule has 0 saturated carbocycles. The number of hydrogen-bond donors (Lipinski definition) is 2. The number of nitrogens with one attached hydrogen (secondary N) is 2. The molecule has 0 aliphatic rings. The monoisotopic (exact) mass is 486 g/mol. The van der Waals surface area contributed by atoms with E-state index in [1.807, 2.05) is 26.0 Å². The van der Waals surface area contributed by atoms with Crippen molar-refractivity contribution in [3.63, 3.8) is 0 Å². The van der Waals surface area contributed by atoms with Gasteiger partial charge in [0.25, 0.3) is 0 Å². The van der Waals surface area contributed by atoms with Gasteiger partial charge in [-0.3, -0.25) is 4.99 Å². The van der Waals surface area contributed by atoms with Gasteiger partial charge in [-0.05, 0) is 37.0 Å². The molecule has 27 heavy (non-hydrogen) atoms. The largest absolute Gasteiger partial charge is 0.492 e. The molecule has 0 aliphatic carbocycles. The lowest BCUT2D eigenvalue weighted by molar-refractivity contribution is 0.321. The van der Waals surface area contributed by atoms with Crippen LogP contribution in [0.25, 0.3) is 0 Å². The van der Waals surface area contributed by atoms with Crippen LogP contribution in [0.1, 0.15) is 43.7 Å². The first-order valence-electron chi connectivity index (χ1n) is 8.90. The molecule has 1 aromatic carbocycles. The number of aliphatic imine (C=N–C) groups is 1. The number of oxazole rings is 1. The number of nitrogens with zero attached hydrogens (tertiary/aromatic N) is 2. The van der Waals surface area contributed by atoms with Gasteiger partial charge in [0.15, 0.2) is 5.96 Å². The fraction of sp³-hybridized carbons (Fsp3) is 0.500. The predicted octanol–water partition coefficient (Wildman–Crippen LogP) is 3.95. The van der Waals surface area contributed by atoms with E-state index in [9.17, 15) is 0 Å². The second kappa shape index (κ2) is 10.5. The zero-order valence-electron chi connectivity index (χ0n) is 17.0. The summed E-state index contributed by atoms with van der Waals surface area (Å²) in [6.45, 7) is 12.1. The van der Waals surface area contributed by atoms with Crippen LogP contribution in [-0.4, -0.2) is 31.1 Å². The van der Waals surface area contributed by atoms with E-state index >= 15 is 0 Å². The van der Waals surface area contributed by atoms with Crippen LogP contribution in [0.4, 0.5) is 0 Å². The lowest BCUT2D eigenvalue weighted by Crippen LogP contribution is -2.38. The van der Waals surface area contributed by atoms with E-state index in [1.165, 1.54) is 5.56 Å². The minimum atomic E-state index is 0. The lowest BCUT2D eigenvalue weighted by atomic mass is 9.87. The molecule has 150 valence electrons. The molecule has 0 amide bonds. The number of aryl methyl sites for hydroxylation is 2. The second-order valence-corrected chi connectivity index (χ2v) is 7.23. The molecular formula is C20H31IN4O2. The van der Waals surface area contributed by atoms with Crippen LogP contribution in [-0.2, 0) is 12.0 Å². The first-order chi connectivity index (χ1) is 12.3. The van der Waals surface area contributed by atoms with Crippen molar-refractivity contribution in [2.75, 3.05) is 20.2 Å². The Hall–Kier alpha value is -1.77. The summed E-state index contributed by atoms with van der Waals surface area (Å²) in [4.78, 5) is 8.54. The Morgan fingerprint density at radius 2 is 1.96 bits per heavy atom. The molecule has 2 N–H and O–H groups in total. The van der Waals surface area contributed by atoms with Gasteiger partial charge in [-0.25, -0.2) is 4.98 Å². The standard InChI is InChI=1S/C20H30N4O2.HI/c1-14-15(2)26-18(24-14)13-23-19(21-6)22-10-11-25-17-9-7-8-16(12-17)20(3,4)5;/h7-9,12H,10-11,13H2,1-6H3,(H2,21,22,23);1H. The van der Waals surface area contributed by atoms with E-state index in [1.54, 1.807) is 7.05 Å². The van der Waals surface area contributed by atoms with Crippen molar-refractivity contribution in [1.29, 1.82) is 0 Å². The van der Waals surface area contributed by atoms with E-state index in [-0.39, 0.29) is 29.4 Å². The van der Waals surface area contributed by atoms with Crippen molar-refractivity contribution in [2.45, 2.75) is 46.6 Å². The smallest absolute Gasteiger partial charge is 0.214 e. The molecule has 2 rings (SSSR count). The quantitative estimate of drug-likeness (QED) is 0.280. The maximum atomic E-state index is 5.84. The zero-order valence-corrected chi connectivity index (χ0v) is 19.4. The van der Waals surface area contributed by atoms with Crippen LogP contribution >= 0.6 is 24.0 Å². The Kier molecular flexibility index (Phi) is 9.08. The van der Waals surface area contributed by atoms with Crippen LogP contribution in [0.15, 0.2) is 33.7 Å². The zero-order chi connectivity index (χ0) is 19.2. The molecule has 6 nitrogen and oxygen atoms in total. The molecular weight excluding hydrogens is 455 g/mol. The van der Waals surface area contributed by atoms with E-state index in [2.05, 4.69) is 53.5 Å². The highest BCUT2D eigenvalue weighted by molar-refractivity contribution is 14.0. The average Bonchev–Trinajstić information content (AvgIpc) is 2.92. The number of ether oxygens (including phenoxy) is 1. The van der Waals surface area contributed by atoms with Crippen molar-refractivity contribution >= 4 is 29.9 Å². The van der Waals surface area contributed by atoms with Crippen molar-refractivity contribution < 1.29 is 9.15 Å². The van der Waals surface area contributed by atoms with Crippen LogP contribution in [0.5, 0.6) is 5.75 Å². The molecule has 0 aliphatic heterocycles. The minimum absolute atomic E-state index is 0. The summed E-state index contributed by atoms with van der Waals surface area (Å²) in [5.74, 6) is 3.06. The Balaban J connectivity index is 0.00000364. The Bertz CT molecular complexity index is 731. The van der Waals surface area contributed by atoms with E-state index in [4.69, 9.17) is 9.15 Å². The predicted molar refractivity (Wildman–Crippen MR) is 120 cm³/mol. The highest BCUT2D eigenvalue weighted by Gasteiger charge is 2.13. The van der Waals surface area contributed by atoms with Crippen LogP contribution in [0.2, 0.25) is 0 Å².